The van der Waals surface area contributed by atoms with Gasteiger partial charge in [0.2, 0.25) is 0 Å². The van der Waals surface area contributed by atoms with Crippen LogP contribution >= 0.6 is 0 Å². The summed E-state index contributed by atoms with van der Waals surface area (Å²) in [5.41, 5.74) is 1.45. The van der Waals surface area contributed by atoms with Gasteiger partial charge in [0.15, 0.2) is 0 Å². The van der Waals surface area contributed by atoms with Crippen LogP contribution in [0.4, 0.5) is 4.79 Å². The molecule has 138 valence electrons. The number of benzene rings is 2. The Balaban J connectivity index is 1.56. The highest BCUT2D eigenvalue weighted by Crippen LogP contribution is 2.29. The van der Waals surface area contributed by atoms with E-state index in [2.05, 4.69) is 10.4 Å². The number of para-hydroxylation sites is 1. The SMILES string of the molecule is C[C@]1(c2ccc(C#N)cc2)NC(=O)N(Cc2ccn(-c3ccccc3)n2)C1=O. The second kappa shape index (κ2) is 6.67. The minimum atomic E-state index is -1.17. The van der Waals surface area contributed by atoms with E-state index in [9.17, 15) is 9.59 Å². The number of nitriles is 1. The van der Waals surface area contributed by atoms with Gasteiger partial charge < -0.3 is 5.32 Å². The number of hydrogen-bond donors (Lipinski definition) is 1. The van der Waals surface area contributed by atoms with Crippen molar-refractivity contribution in [1.29, 1.82) is 5.26 Å². The number of imide groups is 1. The Morgan fingerprint density at radius 2 is 1.79 bits per heavy atom. The second-order valence-corrected chi connectivity index (χ2v) is 6.72. The monoisotopic (exact) mass is 371 g/mol. The molecular weight excluding hydrogens is 354 g/mol. The summed E-state index contributed by atoms with van der Waals surface area (Å²) in [4.78, 5) is 26.7. The van der Waals surface area contributed by atoms with Gasteiger partial charge in [-0.2, -0.15) is 10.4 Å². The summed E-state index contributed by atoms with van der Waals surface area (Å²) in [6, 6.07) is 19.6. The molecule has 1 fully saturated rings. The van der Waals surface area contributed by atoms with Crippen molar-refractivity contribution in [2.45, 2.75) is 19.0 Å². The number of rotatable bonds is 4. The first-order chi connectivity index (χ1) is 13.5. The Hall–Kier alpha value is -3.92. The normalized spacial score (nSPS) is 18.8. The van der Waals surface area contributed by atoms with Crippen LogP contribution in [0.25, 0.3) is 5.69 Å². The van der Waals surface area contributed by atoms with Crippen molar-refractivity contribution in [2.75, 3.05) is 0 Å². The molecule has 1 atom stereocenters. The molecule has 0 unspecified atom stereocenters. The van der Waals surface area contributed by atoms with E-state index in [0.29, 0.717) is 16.8 Å². The molecule has 7 heteroatoms. The van der Waals surface area contributed by atoms with Crippen molar-refractivity contribution in [3.05, 3.63) is 83.7 Å². The van der Waals surface area contributed by atoms with Crippen LogP contribution in [0, 0.1) is 11.3 Å². The molecule has 4 rings (SSSR count). The van der Waals surface area contributed by atoms with Crippen LogP contribution in [0.1, 0.15) is 23.7 Å². The molecule has 1 aliphatic heterocycles. The van der Waals surface area contributed by atoms with Crippen molar-refractivity contribution >= 4 is 11.9 Å². The zero-order valence-electron chi connectivity index (χ0n) is 15.2. The zero-order valence-corrected chi connectivity index (χ0v) is 15.2. The van der Waals surface area contributed by atoms with Crippen molar-refractivity contribution in [3.63, 3.8) is 0 Å². The predicted octanol–water partition coefficient (Wildman–Crippen LogP) is 2.71. The maximum atomic E-state index is 13.0. The predicted molar refractivity (Wildman–Crippen MR) is 101 cm³/mol. The highest BCUT2D eigenvalue weighted by atomic mass is 16.2. The first-order valence-corrected chi connectivity index (χ1v) is 8.76. The molecule has 0 bridgehead atoms. The molecule has 0 aliphatic carbocycles. The van der Waals surface area contributed by atoms with E-state index in [1.54, 1.807) is 48.1 Å². The number of aromatic nitrogens is 2. The molecule has 1 aliphatic rings. The van der Waals surface area contributed by atoms with Crippen LogP contribution in [0.15, 0.2) is 66.9 Å². The van der Waals surface area contributed by atoms with Crippen LogP contribution in [0.5, 0.6) is 0 Å². The second-order valence-electron chi connectivity index (χ2n) is 6.72. The number of nitrogens with one attached hydrogen (secondary N) is 1. The largest absolute Gasteiger partial charge is 0.325 e. The summed E-state index contributed by atoms with van der Waals surface area (Å²) >= 11 is 0. The van der Waals surface area contributed by atoms with E-state index < -0.39 is 11.6 Å². The lowest BCUT2D eigenvalue weighted by molar-refractivity contribution is -0.131. The quantitative estimate of drug-likeness (QED) is 0.714. The van der Waals surface area contributed by atoms with Gasteiger partial charge in [0.25, 0.3) is 5.91 Å². The highest BCUT2D eigenvalue weighted by Gasteiger charge is 2.49. The maximum absolute atomic E-state index is 13.0. The third-order valence-corrected chi connectivity index (χ3v) is 4.85. The minimum Gasteiger partial charge on any atom is -0.319 e. The molecule has 3 amide bonds. The van der Waals surface area contributed by atoms with Gasteiger partial charge in [-0.25, -0.2) is 9.48 Å². The molecule has 3 aromatic rings. The first kappa shape index (κ1) is 17.5. The molecule has 2 heterocycles. The van der Waals surface area contributed by atoms with Gasteiger partial charge in [-0.05, 0) is 42.8 Å². The molecule has 2 aromatic carbocycles. The molecule has 0 radical (unpaired) electrons. The van der Waals surface area contributed by atoms with Crippen LogP contribution < -0.4 is 5.32 Å². The number of carbonyl (C=O) groups is 2. The fraction of sp³-hybridized carbons (Fsp3) is 0.143. The molecule has 1 aromatic heterocycles. The summed E-state index contributed by atoms with van der Waals surface area (Å²) in [7, 11) is 0. The lowest BCUT2D eigenvalue weighted by Crippen LogP contribution is -2.40. The van der Waals surface area contributed by atoms with Crippen molar-refractivity contribution < 1.29 is 9.59 Å². The molecule has 0 spiro atoms. The summed E-state index contributed by atoms with van der Waals surface area (Å²) in [5, 5.41) is 16.2. The fourth-order valence-electron chi connectivity index (χ4n) is 3.25. The smallest absolute Gasteiger partial charge is 0.319 e. The van der Waals surface area contributed by atoms with Gasteiger partial charge in [0.1, 0.15) is 5.54 Å². The van der Waals surface area contributed by atoms with Crippen molar-refractivity contribution in [1.82, 2.24) is 20.0 Å². The average Bonchev–Trinajstić information content (AvgIpc) is 3.28. The standard InChI is InChI=1S/C21H17N5O2/c1-21(16-9-7-15(13-22)8-10-16)19(27)25(20(28)23-21)14-17-11-12-26(24-17)18-5-3-2-4-6-18/h2-12H,14H2,1H3,(H,23,28)/t21-/m1/s1. The van der Waals surface area contributed by atoms with Gasteiger partial charge in [0.05, 0.1) is 29.6 Å². The lowest BCUT2D eigenvalue weighted by atomic mass is 9.91. The van der Waals surface area contributed by atoms with Crippen LogP contribution in [0.2, 0.25) is 0 Å². The summed E-state index contributed by atoms with van der Waals surface area (Å²) in [6.45, 7) is 1.74. The number of nitrogens with zero attached hydrogens (tertiary/aromatic N) is 4. The highest BCUT2D eigenvalue weighted by molar-refractivity contribution is 6.07. The number of urea groups is 1. The van der Waals surface area contributed by atoms with E-state index in [1.165, 1.54) is 0 Å². The molecule has 1 N–H and O–H groups in total. The average molecular weight is 371 g/mol. The van der Waals surface area contributed by atoms with Gasteiger partial charge in [-0.3, -0.25) is 9.69 Å². The van der Waals surface area contributed by atoms with E-state index in [4.69, 9.17) is 5.26 Å². The van der Waals surface area contributed by atoms with E-state index in [1.807, 2.05) is 36.4 Å². The summed E-state index contributed by atoms with van der Waals surface area (Å²) in [5.74, 6) is -0.350. The summed E-state index contributed by atoms with van der Waals surface area (Å²) in [6.07, 6.45) is 1.79. The van der Waals surface area contributed by atoms with Crippen molar-refractivity contribution in [2.24, 2.45) is 0 Å². The van der Waals surface area contributed by atoms with Crippen LogP contribution in [-0.4, -0.2) is 26.6 Å². The molecule has 7 nitrogen and oxygen atoms in total. The maximum Gasteiger partial charge on any atom is 0.325 e. The Kier molecular flexibility index (Phi) is 4.17. The zero-order chi connectivity index (χ0) is 19.7. The van der Waals surface area contributed by atoms with Gasteiger partial charge >= 0.3 is 6.03 Å². The third kappa shape index (κ3) is 2.91. The Morgan fingerprint density at radius 3 is 2.46 bits per heavy atom. The molecule has 1 saturated heterocycles. The summed E-state index contributed by atoms with van der Waals surface area (Å²) < 4.78 is 1.70. The van der Waals surface area contributed by atoms with Gasteiger partial charge in [-0.1, -0.05) is 30.3 Å². The van der Waals surface area contributed by atoms with E-state index >= 15 is 0 Å². The Morgan fingerprint density at radius 1 is 1.07 bits per heavy atom. The topological polar surface area (TPSA) is 91.0 Å². The van der Waals surface area contributed by atoms with E-state index in [0.717, 1.165) is 10.6 Å². The number of hydrogen-bond acceptors (Lipinski definition) is 4. The third-order valence-electron chi connectivity index (χ3n) is 4.85. The van der Waals surface area contributed by atoms with Gasteiger partial charge in [0, 0.05) is 6.20 Å². The number of amides is 3. The van der Waals surface area contributed by atoms with E-state index in [-0.39, 0.29) is 12.5 Å². The lowest BCUT2D eigenvalue weighted by Gasteiger charge is -2.22. The fourth-order valence-corrected chi connectivity index (χ4v) is 3.25. The Labute approximate surface area is 161 Å². The Bertz CT molecular complexity index is 1080. The van der Waals surface area contributed by atoms with Crippen molar-refractivity contribution in [3.8, 4) is 11.8 Å². The van der Waals surface area contributed by atoms with Crippen LogP contribution in [0.3, 0.4) is 0 Å². The minimum absolute atomic E-state index is 0.0797. The van der Waals surface area contributed by atoms with Gasteiger partial charge in [-0.15, -0.1) is 0 Å². The number of carbonyl (C=O) groups excluding carboxylic acids is 2. The van der Waals surface area contributed by atoms with Crippen LogP contribution in [-0.2, 0) is 16.9 Å². The first-order valence-electron chi connectivity index (χ1n) is 8.76. The molecule has 28 heavy (non-hydrogen) atoms. The molecular formula is C21H17N5O2. The molecule has 0 saturated carbocycles.